The fourth-order valence-corrected chi connectivity index (χ4v) is 1.46. The van der Waals surface area contributed by atoms with Gasteiger partial charge in [-0.2, -0.15) is 5.10 Å². The average Bonchev–Trinajstić information content (AvgIpc) is 2.34. The summed E-state index contributed by atoms with van der Waals surface area (Å²) in [5, 5.41) is 4.29. The molecule has 0 fully saturated rings. The molecule has 0 spiro atoms. The fraction of sp³-hybridized carbons (Fsp3) is 0.700. The van der Waals surface area contributed by atoms with Gasteiger partial charge in [-0.05, 0) is 17.9 Å². The van der Waals surface area contributed by atoms with Gasteiger partial charge in [0.1, 0.15) is 0 Å². The molecule has 0 aliphatic heterocycles. The Hall–Kier alpha value is -0.830. The van der Waals surface area contributed by atoms with E-state index in [0.717, 1.165) is 0 Å². The summed E-state index contributed by atoms with van der Waals surface area (Å²) in [4.78, 5) is 0. The first-order valence-corrected chi connectivity index (χ1v) is 4.66. The number of aryl methyl sites for hydroxylation is 1. The van der Waals surface area contributed by atoms with Gasteiger partial charge in [-0.15, -0.1) is 0 Å². The third kappa shape index (κ3) is 2.31. The van der Waals surface area contributed by atoms with Crippen LogP contribution in [0.4, 0.5) is 0 Å². The molecule has 0 aromatic carbocycles. The van der Waals surface area contributed by atoms with Crippen LogP contribution >= 0.6 is 0 Å². The molecular formula is C10H19N3. The van der Waals surface area contributed by atoms with Crippen molar-refractivity contribution in [3.05, 3.63) is 18.0 Å². The lowest BCUT2D eigenvalue weighted by atomic mass is 9.87. The van der Waals surface area contributed by atoms with E-state index in [4.69, 9.17) is 5.73 Å². The monoisotopic (exact) mass is 181 g/mol. The highest BCUT2D eigenvalue weighted by molar-refractivity contribution is 5.01. The maximum Gasteiger partial charge on any atom is 0.0689 e. The van der Waals surface area contributed by atoms with E-state index in [1.165, 1.54) is 5.56 Å². The molecule has 1 atom stereocenters. The average molecular weight is 181 g/mol. The van der Waals surface area contributed by atoms with Crippen molar-refractivity contribution < 1.29 is 0 Å². The lowest BCUT2D eigenvalue weighted by Crippen LogP contribution is -2.31. The summed E-state index contributed by atoms with van der Waals surface area (Å²) in [6.07, 6.45) is 3.91. The molecule has 1 heterocycles. The van der Waals surface area contributed by atoms with Crippen molar-refractivity contribution in [1.29, 1.82) is 0 Å². The van der Waals surface area contributed by atoms with Crippen LogP contribution < -0.4 is 5.73 Å². The van der Waals surface area contributed by atoms with Gasteiger partial charge in [0.2, 0.25) is 0 Å². The Morgan fingerprint density at radius 1 is 1.54 bits per heavy atom. The zero-order valence-electron chi connectivity index (χ0n) is 8.91. The van der Waals surface area contributed by atoms with Crippen molar-refractivity contribution >= 4 is 0 Å². The van der Waals surface area contributed by atoms with E-state index < -0.39 is 0 Å². The molecule has 0 radical (unpaired) electrons. The Labute approximate surface area is 79.9 Å². The molecule has 74 valence electrons. The summed E-state index contributed by atoms with van der Waals surface area (Å²) < 4.78 is 1.97. The molecule has 0 saturated heterocycles. The van der Waals surface area contributed by atoms with Crippen LogP contribution in [0.25, 0.3) is 0 Å². The first kappa shape index (κ1) is 10.3. The number of rotatable bonds is 2. The Kier molecular flexibility index (Phi) is 2.76. The highest BCUT2D eigenvalue weighted by atomic mass is 15.3. The minimum absolute atomic E-state index is 0.160. The number of hydrogen-bond acceptors (Lipinski definition) is 2. The Morgan fingerprint density at radius 2 is 2.15 bits per heavy atom. The second kappa shape index (κ2) is 3.50. The minimum atomic E-state index is 0.160. The van der Waals surface area contributed by atoms with Gasteiger partial charge in [-0.25, -0.2) is 0 Å². The molecule has 3 heteroatoms. The molecular weight excluding hydrogens is 162 g/mol. The van der Waals surface area contributed by atoms with E-state index in [0.29, 0.717) is 6.54 Å². The second-order valence-electron chi connectivity index (χ2n) is 4.62. The smallest absolute Gasteiger partial charge is 0.0689 e. The van der Waals surface area contributed by atoms with Crippen LogP contribution in [0.15, 0.2) is 12.4 Å². The van der Waals surface area contributed by atoms with E-state index >= 15 is 0 Å². The third-order valence-corrected chi connectivity index (χ3v) is 2.27. The Bertz CT molecular complexity index is 270. The van der Waals surface area contributed by atoms with E-state index in [1.54, 1.807) is 0 Å². The summed E-state index contributed by atoms with van der Waals surface area (Å²) >= 11 is 0. The lowest BCUT2D eigenvalue weighted by molar-refractivity contribution is 0.231. The zero-order valence-corrected chi connectivity index (χ0v) is 8.91. The largest absolute Gasteiger partial charge is 0.328 e. The molecule has 1 aromatic rings. The fourth-order valence-electron chi connectivity index (χ4n) is 1.46. The molecule has 0 saturated carbocycles. The molecule has 13 heavy (non-hydrogen) atoms. The van der Waals surface area contributed by atoms with Crippen molar-refractivity contribution in [1.82, 2.24) is 9.78 Å². The number of hydrogen-bond donors (Lipinski definition) is 1. The molecule has 1 aromatic heterocycles. The van der Waals surface area contributed by atoms with E-state index in [1.807, 2.05) is 24.0 Å². The summed E-state index contributed by atoms with van der Waals surface area (Å²) in [6.45, 7) is 9.22. The van der Waals surface area contributed by atoms with Crippen molar-refractivity contribution in [3.8, 4) is 0 Å². The molecule has 0 bridgehead atoms. The first-order chi connectivity index (χ1) is 5.95. The van der Waals surface area contributed by atoms with Gasteiger partial charge < -0.3 is 5.73 Å². The van der Waals surface area contributed by atoms with Gasteiger partial charge in [-0.3, -0.25) is 4.68 Å². The summed E-state index contributed by atoms with van der Waals surface area (Å²) in [5.74, 6) is 0. The summed E-state index contributed by atoms with van der Waals surface area (Å²) in [5.41, 5.74) is 7.08. The minimum Gasteiger partial charge on any atom is -0.328 e. The van der Waals surface area contributed by atoms with Crippen molar-refractivity contribution in [2.45, 2.75) is 33.7 Å². The Balaban J connectivity index is 2.91. The normalized spacial score (nSPS) is 14.5. The number of nitrogens with zero attached hydrogens (tertiary/aromatic N) is 2. The number of aromatic nitrogens is 2. The molecule has 2 N–H and O–H groups in total. The van der Waals surface area contributed by atoms with Crippen molar-refractivity contribution in [2.75, 3.05) is 6.54 Å². The maximum absolute atomic E-state index is 5.74. The summed E-state index contributed by atoms with van der Waals surface area (Å²) in [7, 11) is 0. The predicted molar refractivity (Wildman–Crippen MR) is 54.5 cm³/mol. The quantitative estimate of drug-likeness (QED) is 0.755. The van der Waals surface area contributed by atoms with Crippen LogP contribution in [0.3, 0.4) is 0 Å². The summed E-state index contributed by atoms with van der Waals surface area (Å²) in [6, 6.07) is 0.279. The van der Waals surface area contributed by atoms with Crippen molar-refractivity contribution in [2.24, 2.45) is 11.1 Å². The molecule has 1 rings (SSSR count). The predicted octanol–water partition coefficient (Wildman–Crippen LogP) is 1.74. The van der Waals surface area contributed by atoms with Gasteiger partial charge in [0.25, 0.3) is 0 Å². The SMILES string of the molecule is Cc1cnn(C(CN)C(C)(C)C)c1. The van der Waals surface area contributed by atoms with E-state index in [-0.39, 0.29) is 11.5 Å². The molecule has 0 aliphatic rings. The first-order valence-electron chi connectivity index (χ1n) is 4.66. The van der Waals surface area contributed by atoms with Crippen LogP contribution in [0.2, 0.25) is 0 Å². The highest BCUT2D eigenvalue weighted by Crippen LogP contribution is 2.28. The zero-order chi connectivity index (χ0) is 10.1. The van der Waals surface area contributed by atoms with Crippen molar-refractivity contribution in [3.63, 3.8) is 0 Å². The van der Waals surface area contributed by atoms with Gasteiger partial charge in [0, 0.05) is 12.7 Å². The topological polar surface area (TPSA) is 43.8 Å². The molecule has 0 amide bonds. The number of nitrogens with two attached hydrogens (primary N) is 1. The van der Waals surface area contributed by atoms with Crippen LogP contribution in [0.5, 0.6) is 0 Å². The standard InChI is InChI=1S/C10H19N3/c1-8-6-12-13(7-8)9(5-11)10(2,3)4/h6-7,9H,5,11H2,1-4H3. The van der Waals surface area contributed by atoms with Gasteiger partial charge in [0.05, 0.1) is 12.2 Å². The molecule has 3 nitrogen and oxygen atoms in total. The third-order valence-electron chi connectivity index (χ3n) is 2.27. The second-order valence-corrected chi connectivity index (χ2v) is 4.62. The van der Waals surface area contributed by atoms with Crippen LogP contribution in [-0.2, 0) is 0 Å². The molecule has 0 aliphatic carbocycles. The van der Waals surface area contributed by atoms with Crippen LogP contribution in [-0.4, -0.2) is 16.3 Å². The lowest BCUT2D eigenvalue weighted by Gasteiger charge is -2.29. The van der Waals surface area contributed by atoms with Crippen LogP contribution in [0.1, 0.15) is 32.4 Å². The molecule has 1 unspecified atom stereocenters. The highest BCUT2D eigenvalue weighted by Gasteiger charge is 2.25. The Morgan fingerprint density at radius 3 is 2.46 bits per heavy atom. The van der Waals surface area contributed by atoms with Gasteiger partial charge in [0.15, 0.2) is 0 Å². The van der Waals surface area contributed by atoms with E-state index in [9.17, 15) is 0 Å². The van der Waals surface area contributed by atoms with Crippen LogP contribution in [0, 0.1) is 12.3 Å². The van der Waals surface area contributed by atoms with Gasteiger partial charge >= 0.3 is 0 Å². The maximum atomic E-state index is 5.74. The van der Waals surface area contributed by atoms with Gasteiger partial charge in [-0.1, -0.05) is 20.8 Å². The van der Waals surface area contributed by atoms with E-state index in [2.05, 4.69) is 25.9 Å².